The largest absolute Gasteiger partial charge is 0.496 e. The molecule has 0 unspecified atom stereocenters. The molecule has 2 fully saturated rings. The van der Waals surface area contributed by atoms with E-state index in [1.807, 2.05) is 47.0 Å². The van der Waals surface area contributed by atoms with Crippen molar-refractivity contribution in [2.45, 2.75) is 18.8 Å². The molecule has 5 rings (SSSR count). The molecule has 2 aromatic heterocycles. The molecule has 1 aromatic carbocycles. The van der Waals surface area contributed by atoms with Gasteiger partial charge >= 0.3 is 0 Å². The summed E-state index contributed by atoms with van der Waals surface area (Å²) in [6.07, 6.45) is 5.55. The van der Waals surface area contributed by atoms with Crippen molar-refractivity contribution < 1.29 is 9.53 Å². The maximum atomic E-state index is 13.2. The van der Waals surface area contributed by atoms with Crippen LogP contribution in [0.2, 0.25) is 0 Å². The number of para-hydroxylation sites is 1. The lowest BCUT2D eigenvalue weighted by Gasteiger charge is -2.26. The van der Waals surface area contributed by atoms with E-state index in [1.165, 1.54) is 0 Å². The number of carbonyl (C=O) groups is 1. The molecule has 3 aromatic rings. The van der Waals surface area contributed by atoms with Gasteiger partial charge in [-0.25, -0.2) is 14.6 Å². The number of ether oxygens (including phenoxy) is 1. The molecule has 1 amide bonds. The summed E-state index contributed by atoms with van der Waals surface area (Å²) in [5.74, 6) is 3.62. The average Bonchev–Trinajstić information content (AvgIpc) is 3.56. The highest BCUT2D eigenvalue weighted by molar-refractivity contribution is 7.99. The van der Waals surface area contributed by atoms with E-state index in [1.54, 1.807) is 24.2 Å². The van der Waals surface area contributed by atoms with Gasteiger partial charge in [-0.3, -0.25) is 4.79 Å². The first-order valence-corrected chi connectivity index (χ1v) is 11.3. The fraction of sp³-hybridized carbons (Fsp3) is 0.364. The molecule has 8 heteroatoms. The monoisotopic (exact) mass is 421 g/mol. The van der Waals surface area contributed by atoms with Crippen LogP contribution in [0.4, 0.5) is 0 Å². The molecule has 0 radical (unpaired) electrons. The molecular weight excluding hydrogens is 398 g/mol. The minimum Gasteiger partial charge on any atom is -0.496 e. The van der Waals surface area contributed by atoms with Crippen molar-refractivity contribution in [3.05, 3.63) is 54.0 Å². The number of hydrogen-bond acceptors (Lipinski definition) is 6. The molecular formula is C22H23N5O2S. The molecule has 0 atom stereocenters. The average molecular weight is 422 g/mol. The first-order valence-electron chi connectivity index (χ1n) is 10.2. The summed E-state index contributed by atoms with van der Waals surface area (Å²) < 4.78 is 7.24. The Morgan fingerprint density at radius 1 is 1.17 bits per heavy atom. The van der Waals surface area contributed by atoms with E-state index in [-0.39, 0.29) is 5.91 Å². The second-order valence-electron chi connectivity index (χ2n) is 7.48. The van der Waals surface area contributed by atoms with E-state index >= 15 is 0 Å². The third-order valence-corrected chi connectivity index (χ3v) is 6.46. The predicted octanol–water partition coefficient (Wildman–Crippen LogP) is 3.40. The van der Waals surface area contributed by atoms with E-state index < -0.39 is 0 Å². The van der Waals surface area contributed by atoms with Gasteiger partial charge in [-0.2, -0.15) is 16.9 Å². The molecule has 1 aliphatic carbocycles. The molecule has 1 aliphatic heterocycles. The van der Waals surface area contributed by atoms with Crippen LogP contribution in [0.3, 0.4) is 0 Å². The molecule has 30 heavy (non-hydrogen) atoms. The minimum absolute atomic E-state index is 0.0735. The lowest BCUT2D eigenvalue weighted by atomic mass is 10.1. The van der Waals surface area contributed by atoms with Crippen LogP contribution < -0.4 is 4.74 Å². The van der Waals surface area contributed by atoms with Gasteiger partial charge in [-0.05, 0) is 31.0 Å². The van der Waals surface area contributed by atoms with E-state index in [9.17, 15) is 4.79 Å². The van der Waals surface area contributed by atoms with Gasteiger partial charge in [0.15, 0.2) is 0 Å². The van der Waals surface area contributed by atoms with Crippen LogP contribution in [-0.4, -0.2) is 62.3 Å². The Morgan fingerprint density at radius 2 is 1.97 bits per heavy atom. The lowest BCUT2D eigenvalue weighted by molar-refractivity contribution is 0.0771. The van der Waals surface area contributed by atoms with Crippen molar-refractivity contribution in [1.29, 1.82) is 0 Å². The quantitative estimate of drug-likeness (QED) is 0.629. The van der Waals surface area contributed by atoms with Gasteiger partial charge in [-0.1, -0.05) is 12.1 Å². The zero-order chi connectivity index (χ0) is 20.5. The van der Waals surface area contributed by atoms with Gasteiger partial charge in [-0.15, -0.1) is 0 Å². The Labute approximate surface area is 179 Å². The highest BCUT2D eigenvalue weighted by Crippen LogP contribution is 2.42. The number of rotatable bonds is 5. The molecule has 0 spiro atoms. The Morgan fingerprint density at radius 3 is 2.73 bits per heavy atom. The first kappa shape index (κ1) is 19.1. The zero-order valence-electron chi connectivity index (χ0n) is 16.8. The van der Waals surface area contributed by atoms with Crippen LogP contribution in [0.15, 0.2) is 42.7 Å². The second kappa shape index (κ2) is 8.10. The van der Waals surface area contributed by atoms with Gasteiger partial charge in [0.1, 0.15) is 5.75 Å². The van der Waals surface area contributed by atoms with Crippen LogP contribution >= 0.6 is 11.8 Å². The molecule has 1 saturated heterocycles. The van der Waals surface area contributed by atoms with Crippen molar-refractivity contribution >= 4 is 17.7 Å². The van der Waals surface area contributed by atoms with Gasteiger partial charge < -0.3 is 9.64 Å². The molecule has 3 heterocycles. The fourth-order valence-electron chi connectivity index (χ4n) is 3.83. The Kier molecular flexibility index (Phi) is 5.16. The number of thioether (sulfide) groups is 1. The smallest absolute Gasteiger partial charge is 0.257 e. The summed E-state index contributed by atoms with van der Waals surface area (Å²) in [7, 11) is 1.65. The van der Waals surface area contributed by atoms with E-state index in [0.717, 1.165) is 60.1 Å². The van der Waals surface area contributed by atoms with Gasteiger partial charge in [0.05, 0.1) is 30.3 Å². The van der Waals surface area contributed by atoms with Gasteiger partial charge in [0, 0.05) is 42.3 Å². The second-order valence-corrected chi connectivity index (χ2v) is 8.70. The van der Waals surface area contributed by atoms with Crippen molar-refractivity contribution in [2.24, 2.45) is 0 Å². The molecule has 0 bridgehead atoms. The third-order valence-electron chi connectivity index (χ3n) is 5.51. The van der Waals surface area contributed by atoms with E-state index in [4.69, 9.17) is 9.72 Å². The van der Waals surface area contributed by atoms with Crippen LogP contribution in [0.25, 0.3) is 17.2 Å². The van der Waals surface area contributed by atoms with E-state index in [2.05, 4.69) is 10.1 Å². The van der Waals surface area contributed by atoms with Crippen molar-refractivity contribution in [1.82, 2.24) is 24.6 Å². The number of carbonyl (C=O) groups excluding carboxylic acids is 1. The standard InChI is InChI=1S/C22H23N5O2S/c1-29-19-5-3-2-4-16(19)18-8-9-23-22(25-18)27-20(15-6-7-15)17(14-24-27)21(28)26-10-12-30-13-11-26/h2-5,8-9,14-15H,6-7,10-13H2,1H3. The highest BCUT2D eigenvalue weighted by atomic mass is 32.2. The van der Waals surface area contributed by atoms with Crippen molar-refractivity contribution in [3.63, 3.8) is 0 Å². The number of benzene rings is 1. The number of amides is 1. The summed E-state index contributed by atoms with van der Waals surface area (Å²) in [6.45, 7) is 1.58. The maximum absolute atomic E-state index is 13.2. The van der Waals surface area contributed by atoms with Gasteiger partial charge in [0.2, 0.25) is 0 Å². The molecule has 154 valence electrons. The fourth-order valence-corrected chi connectivity index (χ4v) is 4.73. The predicted molar refractivity (Wildman–Crippen MR) is 116 cm³/mol. The molecule has 7 nitrogen and oxygen atoms in total. The van der Waals surface area contributed by atoms with Crippen LogP contribution in [0, 0.1) is 0 Å². The molecule has 0 N–H and O–H groups in total. The highest BCUT2D eigenvalue weighted by Gasteiger charge is 2.35. The SMILES string of the molecule is COc1ccccc1-c1ccnc(-n2ncc(C(=O)N3CCSCC3)c2C2CC2)n1. The Balaban J connectivity index is 1.54. The third kappa shape index (κ3) is 3.56. The molecule has 2 aliphatic rings. The topological polar surface area (TPSA) is 73.1 Å². The maximum Gasteiger partial charge on any atom is 0.257 e. The number of hydrogen-bond donors (Lipinski definition) is 0. The van der Waals surface area contributed by atoms with E-state index in [0.29, 0.717) is 17.4 Å². The van der Waals surface area contributed by atoms with Crippen molar-refractivity contribution in [3.8, 4) is 23.0 Å². The summed E-state index contributed by atoms with van der Waals surface area (Å²) in [5.41, 5.74) is 3.28. The summed E-state index contributed by atoms with van der Waals surface area (Å²) in [6, 6.07) is 9.63. The first-order chi connectivity index (χ1) is 14.8. The van der Waals surface area contributed by atoms with Crippen LogP contribution in [0.5, 0.6) is 5.75 Å². The van der Waals surface area contributed by atoms with Crippen LogP contribution in [-0.2, 0) is 0 Å². The summed E-state index contributed by atoms with van der Waals surface area (Å²) in [4.78, 5) is 24.3. The van der Waals surface area contributed by atoms with Crippen molar-refractivity contribution in [2.75, 3.05) is 31.7 Å². The summed E-state index contributed by atoms with van der Waals surface area (Å²) in [5, 5.41) is 4.55. The Bertz CT molecular complexity index is 1070. The minimum atomic E-state index is 0.0735. The Hall–Kier alpha value is -2.87. The summed E-state index contributed by atoms with van der Waals surface area (Å²) >= 11 is 1.89. The lowest BCUT2D eigenvalue weighted by Crippen LogP contribution is -2.38. The number of methoxy groups -OCH3 is 1. The molecule has 1 saturated carbocycles. The normalized spacial score (nSPS) is 16.5. The number of nitrogens with zero attached hydrogens (tertiary/aromatic N) is 5. The van der Waals surface area contributed by atoms with Gasteiger partial charge in [0.25, 0.3) is 11.9 Å². The number of aromatic nitrogens is 4. The van der Waals surface area contributed by atoms with Crippen LogP contribution in [0.1, 0.15) is 34.8 Å². The zero-order valence-corrected chi connectivity index (χ0v) is 17.6.